The Balaban J connectivity index is 1.55. The predicted octanol–water partition coefficient (Wildman–Crippen LogP) is 5.71. The Hall–Kier alpha value is -2.42. The molecule has 0 radical (unpaired) electrons. The molecule has 1 aromatic carbocycles. The second-order valence-corrected chi connectivity index (χ2v) is 9.94. The molecule has 0 saturated heterocycles. The van der Waals surface area contributed by atoms with Crippen LogP contribution in [0.3, 0.4) is 0 Å². The number of methoxy groups -OCH3 is 1. The van der Waals surface area contributed by atoms with Gasteiger partial charge in [-0.15, -0.1) is 11.3 Å². The van der Waals surface area contributed by atoms with Gasteiger partial charge in [0.15, 0.2) is 10.9 Å². The molecule has 2 aromatic heterocycles. The Morgan fingerprint density at radius 2 is 2.09 bits per heavy atom. The number of carbonyl (C=O) groups excluding carboxylic acids is 2. The number of nitrogens with one attached hydrogen (secondary N) is 1. The first-order chi connectivity index (χ1) is 15.5. The summed E-state index contributed by atoms with van der Waals surface area (Å²) in [6.07, 6.45) is 5.22. The standard InChI is InChI=1S/C23H22ClN3O3S2/c1-13-6-5-7-14(10-13)12-31-23-25-11-16(24)19(26-23)20(28)27-21-18(22(29)30-2)15-8-3-4-9-17(15)32-21/h5-7,10-11H,3-4,8-9,12H2,1-2H3,(H,27,28). The van der Waals surface area contributed by atoms with E-state index in [1.807, 2.05) is 25.1 Å². The van der Waals surface area contributed by atoms with E-state index in [1.165, 1.54) is 42.0 Å². The average molecular weight is 488 g/mol. The summed E-state index contributed by atoms with van der Waals surface area (Å²) in [5.74, 6) is -0.240. The van der Waals surface area contributed by atoms with Crippen LogP contribution in [0.2, 0.25) is 5.02 Å². The third kappa shape index (κ3) is 4.98. The van der Waals surface area contributed by atoms with Gasteiger partial charge in [0, 0.05) is 10.6 Å². The highest BCUT2D eigenvalue weighted by Gasteiger charge is 2.28. The Morgan fingerprint density at radius 3 is 2.88 bits per heavy atom. The normalized spacial score (nSPS) is 12.8. The first-order valence-corrected chi connectivity index (χ1v) is 12.4. The van der Waals surface area contributed by atoms with E-state index in [1.54, 1.807) is 0 Å². The fraction of sp³-hybridized carbons (Fsp3) is 0.304. The Labute approximate surface area is 199 Å². The number of carbonyl (C=O) groups is 2. The summed E-state index contributed by atoms with van der Waals surface area (Å²) in [4.78, 5) is 35.2. The molecule has 6 nitrogen and oxygen atoms in total. The maximum absolute atomic E-state index is 13.0. The number of anilines is 1. The molecule has 4 rings (SSSR count). The molecule has 1 N–H and O–H groups in total. The molecule has 0 bridgehead atoms. The van der Waals surface area contributed by atoms with Gasteiger partial charge in [-0.05, 0) is 43.7 Å². The van der Waals surface area contributed by atoms with Crippen molar-refractivity contribution in [1.29, 1.82) is 0 Å². The van der Waals surface area contributed by atoms with E-state index in [0.717, 1.165) is 41.7 Å². The van der Waals surface area contributed by atoms with Crippen LogP contribution in [-0.4, -0.2) is 29.0 Å². The van der Waals surface area contributed by atoms with E-state index in [2.05, 4.69) is 21.4 Å². The number of aryl methyl sites for hydroxylation is 2. The molecular weight excluding hydrogens is 466 g/mol. The van der Waals surface area contributed by atoms with Crippen molar-refractivity contribution in [2.24, 2.45) is 0 Å². The fourth-order valence-corrected chi connectivity index (χ4v) is 5.87. The molecule has 0 aliphatic heterocycles. The third-order valence-electron chi connectivity index (χ3n) is 5.18. The zero-order chi connectivity index (χ0) is 22.7. The molecule has 1 aliphatic rings. The van der Waals surface area contributed by atoms with Crippen molar-refractivity contribution in [3.8, 4) is 0 Å². The van der Waals surface area contributed by atoms with Gasteiger partial charge >= 0.3 is 5.97 Å². The van der Waals surface area contributed by atoms with E-state index in [-0.39, 0.29) is 10.7 Å². The molecule has 1 amide bonds. The number of nitrogens with zero attached hydrogens (tertiary/aromatic N) is 2. The van der Waals surface area contributed by atoms with Crippen LogP contribution < -0.4 is 5.32 Å². The van der Waals surface area contributed by atoms with Crippen LogP contribution in [0.4, 0.5) is 5.00 Å². The molecule has 0 unspecified atom stereocenters. The first-order valence-electron chi connectivity index (χ1n) is 10.2. The van der Waals surface area contributed by atoms with Gasteiger partial charge in [-0.1, -0.05) is 53.2 Å². The minimum atomic E-state index is -0.474. The highest BCUT2D eigenvalue weighted by atomic mass is 35.5. The lowest BCUT2D eigenvalue weighted by Gasteiger charge is -2.12. The van der Waals surface area contributed by atoms with Crippen molar-refractivity contribution < 1.29 is 14.3 Å². The monoisotopic (exact) mass is 487 g/mol. The van der Waals surface area contributed by atoms with E-state index in [4.69, 9.17) is 16.3 Å². The Kier molecular flexibility index (Phi) is 7.13. The van der Waals surface area contributed by atoms with Gasteiger partial charge in [-0.3, -0.25) is 4.79 Å². The number of esters is 1. The molecular formula is C23H22ClN3O3S2. The summed E-state index contributed by atoms with van der Waals surface area (Å²) in [5, 5.41) is 3.94. The number of halogens is 1. The number of fused-ring (bicyclic) bond motifs is 1. The summed E-state index contributed by atoms with van der Waals surface area (Å²) in [5.41, 5.74) is 3.83. The summed E-state index contributed by atoms with van der Waals surface area (Å²) < 4.78 is 4.98. The van der Waals surface area contributed by atoms with Gasteiger partial charge in [-0.25, -0.2) is 14.8 Å². The Morgan fingerprint density at radius 1 is 1.28 bits per heavy atom. The average Bonchev–Trinajstić information content (AvgIpc) is 3.15. The number of thioether (sulfide) groups is 1. The number of rotatable bonds is 6. The molecule has 1 aliphatic carbocycles. The molecule has 0 fully saturated rings. The van der Waals surface area contributed by atoms with Gasteiger partial charge in [0.2, 0.25) is 0 Å². The highest BCUT2D eigenvalue weighted by molar-refractivity contribution is 7.98. The lowest BCUT2D eigenvalue weighted by Crippen LogP contribution is -2.17. The number of benzene rings is 1. The van der Waals surface area contributed by atoms with Crippen molar-refractivity contribution in [3.63, 3.8) is 0 Å². The molecule has 0 spiro atoms. The lowest BCUT2D eigenvalue weighted by atomic mass is 9.95. The minimum absolute atomic E-state index is 0.0793. The molecule has 2 heterocycles. The quantitative estimate of drug-likeness (QED) is 0.272. The SMILES string of the molecule is COC(=O)c1c(NC(=O)c2nc(SCc3cccc(C)c3)ncc2Cl)sc2c1CCCC2. The third-order valence-corrected chi connectivity index (χ3v) is 7.59. The van der Waals surface area contributed by atoms with Crippen molar-refractivity contribution in [2.75, 3.05) is 12.4 Å². The molecule has 0 saturated carbocycles. The van der Waals surface area contributed by atoms with Crippen LogP contribution in [0, 0.1) is 6.92 Å². The second kappa shape index (κ2) is 10.0. The lowest BCUT2D eigenvalue weighted by molar-refractivity contribution is 0.0601. The van der Waals surface area contributed by atoms with Crippen molar-refractivity contribution in [3.05, 3.63) is 68.3 Å². The first kappa shape index (κ1) is 22.8. The largest absolute Gasteiger partial charge is 0.465 e. The number of amides is 1. The fourth-order valence-electron chi connectivity index (χ4n) is 3.66. The van der Waals surface area contributed by atoms with Gasteiger partial charge < -0.3 is 10.1 Å². The smallest absolute Gasteiger partial charge is 0.341 e. The Bertz CT molecular complexity index is 1180. The van der Waals surface area contributed by atoms with Gasteiger partial charge in [0.25, 0.3) is 5.91 Å². The van der Waals surface area contributed by atoms with Crippen molar-refractivity contribution in [2.45, 2.75) is 43.5 Å². The molecule has 0 atom stereocenters. The van der Waals surface area contributed by atoms with Gasteiger partial charge in [-0.2, -0.15) is 0 Å². The number of hydrogen-bond acceptors (Lipinski definition) is 7. The topological polar surface area (TPSA) is 81.2 Å². The number of thiophene rings is 1. The van der Waals surface area contributed by atoms with Crippen LogP contribution in [0.1, 0.15) is 55.3 Å². The molecule has 32 heavy (non-hydrogen) atoms. The van der Waals surface area contributed by atoms with Crippen LogP contribution in [0.5, 0.6) is 0 Å². The zero-order valence-electron chi connectivity index (χ0n) is 17.7. The summed E-state index contributed by atoms with van der Waals surface area (Å²) in [6.45, 7) is 2.04. The summed E-state index contributed by atoms with van der Waals surface area (Å²) in [6, 6.07) is 8.19. The van der Waals surface area contributed by atoms with E-state index in [9.17, 15) is 9.59 Å². The van der Waals surface area contributed by atoms with E-state index >= 15 is 0 Å². The maximum Gasteiger partial charge on any atom is 0.341 e. The second-order valence-electron chi connectivity index (χ2n) is 7.49. The number of aromatic nitrogens is 2. The molecule has 166 valence electrons. The van der Waals surface area contributed by atoms with Crippen LogP contribution >= 0.6 is 34.7 Å². The minimum Gasteiger partial charge on any atom is -0.465 e. The number of ether oxygens (including phenoxy) is 1. The number of hydrogen-bond donors (Lipinski definition) is 1. The van der Waals surface area contributed by atoms with Crippen molar-refractivity contribution in [1.82, 2.24) is 9.97 Å². The van der Waals surface area contributed by atoms with E-state index < -0.39 is 11.9 Å². The molecule has 3 aromatic rings. The maximum atomic E-state index is 13.0. The van der Waals surface area contributed by atoms with Gasteiger partial charge in [0.05, 0.1) is 23.9 Å². The molecule has 9 heteroatoms. The zero-order valence-corrected chi connectivity index (χ0v) is 20.1. The van der Waals surface area contributed by atoms with Crippen LogP contribution in [0.15, 0.2) is 35.6 Å². The summed E-state index contributed by atoms with van der Waals surface area (Å²) >= 11 is 9.10. The van der Waals surface area contributed by atoms with E-state index in [0.29, 0.717) is 21.5 Å². The van der Waals surface area contributed by atoms with Crippen LogP contribution in [0.25, 0.3) is 0 Å². The summed E-state index contributed by atoms with van der Waals surface area (Å²) in [7, 11) is 1.35. The van der Waals surface area contributed by atoms with Crippen molar-refractivity contribution >= 4 is 51.6 Å². The van der Waals surface area contributed by atoms with Gasteiger partial charge in [0.1, 0.15) is 5.00 Å². The van der Waals surface area contributed by atoms with Crippen LogP contribution in [-0.2, 0) is 23.3 Å². The predicted molar refractivity (Wildman–Crippen MR) is 128 cm³/mol. The highest BCUT2D eigenvalue weighted by Crippen LogP contribution is 2.39.